The van der Waals surface area contributed by atoms with Crippen LogP contribution in [0.2, 0.25) is 0 Å². The Kier molecular flexibility index (Phi) is 3.29. The summed E-state index contributed by atoms with van der Waals surface area (Å²) >= 11 is 0. The monoisotopic (exact) mass is 264 g/mol. The van der Waals surface area contributed by atoms with E-state index in [4.69, 9.17) is 0 Å². The van der Waals surface area contributed by atoms with Gasteiger partial charge in [0.25, 0.3) is 0 Å². The number of benzene rings is 1. The van der Waals surface area contributed by atoms with Crippen molar-refractivity contribution in [2.45, 2.75) is 13.3 Å². The van der Waals surface area contributed by atoms with Gasteiger partial charge in [0.15, 0.2) is 0 Å². The molecule has 4 nitrogen and oxygen atoms in total. The van der Waals surface area contributed by atoms with Crippen LogP contribution in [0.15, 0.2) is 42.9 Å². The highest BCUT2D eigenvalue weighted by Gasteiger charge is 2.13. The molecule has 2 heterocycles. The van der Waals surface area contributed by atoms with E-state index in [1.807, 2.05) is 25.4 Å². The fourth-order valence-electron chi connectivity index (χ4n) is 2.49. The molecule has 0 spiro atoms. The number of para-hydroxylation sites is 1. The van der Waals surface area contributed by atoms with Gasteiger partial charge in [-0.25, -0.2) is 9.97 Å². The summed E-state index contributed by atoms with van der Waals surface area (Å²) < 4.78 is 0. The van der Waals surface area contributed by atoms with E-state index in [0.717, 1.165) is 40.0 Å². The topological polar surface area (TPSA) is 50.7 Å². The van der Waals surface area contributed by atoms with Gasteiger partial charge in [0, 0.05) is 29.8 Å². The van der Waals surface area contributed by atoms with Gasteiger partial charge in [-0.1, -0.05) is 31.2 Å². The molecular formula is C16H16N4. The third-order valence-electron chi connectivity index (χ3n) is 3.42. The number of nitrogens with one attached hydrogen (secondary N) is 1. The Labute approximate surface area is 117 Å². The van der Waals surface area contributed by atoms with Crippen molar-refractivity contribution in [1.29, 1.82) is 0 Å². The number of anilines is 1. The van der Waals surface area contributed by atoms with Gasteiger partial charge in [-0.05, 0) is 12.5 Å². The SMILES string of the molecule is CCc1c(NC)ncnc1-c1cccc2cccnc12. The van der Waals surface area contributed by atoms with Crippen molar-refractivity contribution in [3.05, 3.63) is 48.4 Å². The van der Waals surface area contributed by atoms with E-state index in [1.165, 1.54) is 0 Å². The van der Waals surface area contributed by atoms with E-state index >= 15 is 0 Å². The molecule has 0 fully saturated rings. The van der Waals surface area contributed by atoms with Crippen molar-refractivity contribution < 1.29 is 0 Å². The highest BCUT2D eigenvalue weighted by Crippen LogP contribution is 2.30. The molecule has 0 aliphatic heterocycles. The van der Waals surface area contributed by atoms with Gasteiger partial charge in [-0.3, -0.25) is 4.98 Å². The first-order valence-electron chi connectivity index (χ1n) is 6.71. The third-order valence-corrected chi connectivity index (χ3v) is 3.42. The van der Waals surface area contributed by atoms with Crippen molar-refractivity contribution in [3.63, 3.8) is 0 Å². The molecule has 0 saturated carbocycles. The highest BCUT2D eigenvalue weighted by molar-refractivity contribution is 5.93. The maximum Gasteiger partial charge on any atom is 0.132 e. The molecule has 0 saturated heterocycles. The third kappa shape index (κ3) is 1.99. The summed E-state index contributed by atoms with van der Waals surface area (Å²) in [4.78, 5) is 13.3. The zero-order chi connectivity index (χ0) is 13.9. The molecule has 20 heavy (non-hydrogen) atoms. The second-order valence-corrected chi connectivity index (χ2v) is 4.53. The first kappa shape index (κ1) is 12.5. The zero-order valence-electron chi connectivity index (χ0n) is 11.6. The summed E-state index contributed by atoms with van der Waals surface area (Å²) in [6, 6.07) is 10.2. The normalized spacial score (nSPS) is 10.7. The number of hydrogen-bond acceptors (Lipinski definition) is 4. The van der Waals surface area contributed by atoms with Crippen molar-refractivity contribution in [2.24, 2.45) is 0 Å². The minimum Gasteiger partial charge on any atom is -0.373 e. The first-order chi connectivity index (χ1) is 9.85. The van der Waals surface area contributed by atoms with Crippen LogP contribution in [0.5, 0.6) is 0 Å². The van der Waals surface area contributed by atoms with Crippen LogP contribution in [-0.4, -0.2) is 22.0 Å². The van der Waals surface area contributed by atoms with Crippen molar-refractivity contribution in [3.8, 4) is 11.3 Å². The van der Waals surface area contributed by atoms with E-state index in [1.54, 1.807) is 6.33 Å². The van der Waals surface area contributed by atoms with Crippen LogP contribution in [0, 0.1) is 0 Å². The Morgan fingerprint density at radius 1 is 1.05 bits per heavy atom. The molecule has 3 aromatic rings. The van der Waals surface area contributed by atoms with Crippen molar-refractivity contribution in [1.82, 2.24) is 15.0 Å². The number of nitrogens with zero attached hydrogens (tertiary/aromatic N) is 3. The molecule has 4 heteroatoms. The summed E-state index contributed by atoms with van der Waals surface area (Å²) in [7, 11) is 1.88. The Morgan fingerprint density at radius 3 is 2.70 bits per heavy atom. The Bertz CT molecular complexity index is 747. The molecular weight excluding hydrogens is 248 g/mol. The van der Waals surface area contributed by atoms with Gasteiger partial charge in [-0.15, -0.1) is 0 Å². The standard InChI is InChI=1S/C16H16N4/c1-3-12-15(19-10-20-16(12)17-2)13-8-4-6-11-7-5-9-18-14(11)13/h4-10H,3H2,1-2H3,(H,17,19,20). The van der Waals surface area contributed by atoms with E-state index in [2.05, 4.69) is 45.4 Å². The lowest BCUT2D eigenvalue weighted by molar-refractivity contribution is 1.05. The molecule has 2 aromatic heterocycles. The molecule has 0 aliphatic rings. The first-order valence-corrected chi connectivity index (χ1v) is 6.71. The predicted octanol–water partition coefficient (Wildman–Crippen LogP) is 3.30. The number of pyridine rings is 1. The lowest BCUT2D eigenvalue weighted by Gasteiger charge is -2.12. The molecule has 0 atom stereocenters. The molecule has 1 aromatic carbocycles. The maximum atomic E-state index is 4.51. The van der Waals surface area contributed by atoms with E-state index in [0.29, 0.717) is 0 Å². The Morgan fingerprint density at radius 2 is 1.90 bits per heavy atom. The Balaban J connectivity index is 2.31. The molecule has 3 rings (SSSR count). The van der Waals surface area contributed by atoms with Crippen molar-refractivity contribution in [2.75, 3.05) is 12.4 Å². The van der Waals surface area contributed by atoms with Crippen LogP contribution in [0.3, 0.4) is 0 Å². The van der Waals surface area contributed by atoms with E-state index < -0.39 is 0 Å². The summed E-state index contributed by atoms with van der Waals surface area (Å²) in [5.41, 5.74) is 4.11. The molecule has 100 valence electrons. The van der Waals surface area contributed by atoms with Gasteiger partial charge >= 0.3 is 0 Å². The number of fused-ring (bicyclic) bond motifs is 1. The van der Waals surface area contributed by atoms with Gasteiger partial charge in [-0.2, -0.15) is 0 Å². The van der Waals surface area contributed by atoms with Gasteiger partial charge in [0.05, 0.1) is 11.2 Å². The molecule has 0 radical (unpaired) electrons. The molecule has 0 unspecified atom stereocenters. The van der Waals surface area contributed by atoms with E-state index in [-0.39, 0.29) is 0 Å². The number of rotatable bonds is 3. The lowest BCUT2D eigenvalue weighted by atomic mass is 10.0. The second-order valence-electron chi connectivity index (χ2n) is 4.53. The quantitative estimate of drug-likeness (QED) is 0.788. The predicted molar refractivity (Wildman–Crippen MR) is 81.7 cm³/mol. The maximum absolute atomic E-state index is 4.51. The largest absolute Gasteiger partial charge is 0.373 e. The smallest absolute Gasteiger partial charge is 0.132 e. The molecule has 0 bridgehead atoms. The molecule has 1 N–H and O–H groups in total. The zero-order valence-corrected chi connectivity index (χ0v) is 11.6. The Hall–Kier alpha value is -2.49. The number of hydrogen-bond donors (Lipinski definition) is 1. The molecule has 0 amide bonds. The summed E-state index contributed by atoms with van der Waals surface area (Å²) in [6.07, 6.45) is 4.29. The molecule has 0 aliphatic carbocycles. The van der Waals surface area contributed by atoms with E-state index in [9.17, 15) is 0 Å². The van der Waals surface area contributed by atoms with Gasteiger partial charge < -0.3 is 5.32 Å². The second kappa shape index (κ2) is 5.25. The van der Waals surface area contributed by atoms with Crippen LogP contribution in [0.1, 0.15) is 12.5 Å². The van der Waals surface area contributed by atoms with Crippen LogP contribution in [0.25, 0.3) is 22.2 Å². The summed E-state index contributed by atoms with van der Waals surface area (Å²) in [6.45, 7) is 2.11. The summed E-state index contributed by atoms with van der Waals surface area (Å²) in [5, 5.41) is 4.26. The van der Waals surface area contributed by atoms with Crippen LogP contribution in [0.4, 0.5) is 5.82 Å². The lowest BCUT2D eigenvalue weighted by Crippen LogP contribution is -2.02. The fraction of sp³-hybridized carbons (Fsp3) is 0.188. The van der Waals surface area contributed by atoms with Crippen LogP contribution in [-0.2, 0) is 6.42 Å². The fourth-order valence-corrected chi connectivity index (χ4v) is 2.49. The average Bonchev–Trinajstić information content (AvgIpc) is 2.53. The van der Waals surface area contributed by atoms with Gasteiger partial charge in [0.2, 0.25) is 0 Å². The van der Waals surface area contributed by atoms with Crippen LogP contribution >= 0.6 is 0 Å². The summed E-state index contributed by atoms with van der Waals surface area (Å²) in [5.74, 6) is 0.880. The van der Waals surface area contributed by atoms with Crippen molar-refractivity contribution >= 4 is 16.7 Å². The van der Waals surface area contributed by atoms with Gasteiger partial charge in [0.1, 0.15) is 12.1 Å². The minimum atomic E-state index is 0.871. The van der Waals surface area contributed by atoms with Crippen LogP contribution < -0.4 is 5.32 Å². The highest BCUT2D eigenvalue weighted by atomic mass is 15.0. The average molecular weight is 264 g/mol. The number of aromatic nitrogens is 3. The minimum absolute atomic E-state index is 0.871.